The Kier molecular flexibility index (Phi) is 6.07. The van der Waals surface area contributed by atoms with Crippen molar-refractivity contribution in [3.63, 3.8) is 0 Å². The molecule has 1 N–H and O–H groups in total. The number of likely N-dealkylation sites (N-methyl/N-ethyl adjacent to an activating group) is 1. The van der Waals surface area contributed by atoms with Crippen molar-refractivity contribution in [2.75, 3.05) is 45.9 Å². The molecule has 0 bridgehead atoms. The average Bonchev–Trinajstić information content (AvgIpc) is 2.53. The van der Waals surface area contributed by atoms with Crippen LogP contribution >= 0.6 is 0 Å². The third-order valence-electron chi connectivity index (χ3n) is 4.07. The number of piperazine rings is 1. The molecule has 1 aliphatic rings. The second-order valence-electron chi connectivity index (χ2n) is 5.77. The highest BCUT2D eigenvalue weighted by molar-refractivity contribution is 5.74. The largest absolute Gasteiger partial charge is 0.491 e. The van der Waals surface area contributed by atoms with Crippen molar-refractivity contribution in [2.24, 2.45) is 0 Å². The zero-order chi connectivity index (χ0) is 15.9. The van der Waals surface area contributed by atoms with Gasteiger partial charge in [-0.3, -0.25) is 0 Å². The first kappa shape index (κ1) is 16.6. The molecule has 0 spiro atoms. The summed E-state index contributed by atoms with van der Waals surface area (Å²) in [6, 6.07) is 6.13. The molecule has 1 heterocycles. The summed E-state index contributed by atoms with van der Waals surface area (Å²) in [6.45, 7) is 11.9. The van der Waals surface area contributed by atoms with Crippen LogP contribution in [0.4, 0.5) is 4.79 Å². The third kappa shape index (κ3) is 4.63. The summed E-state index contributed by atoms with van der Waals surface area (Å²) in [4.78, 5) is 16.3. The van der Waals surface area contributed by atoms with Crippen LogP contribution in [-0.2, 0) is 0 Å². The van der Waals surface area contributed by atoms with Gasteiger partial charge in [0, 0.05) is 26.2 Å². The fourth-order valence-corrected chi connectivity index (χ4v) is 2.66. The molecular weight excluding hydrogens is 278 g/mol. The van der Waals surface area contributed by atoms with E-state index < -0.39 is 0 Å². The highest BCUT2D eigenvalue weighted by Crippen LogP contribution is 2.18. The van der Waals surface area contributed by atoms with Crippen molar-refractivity contribution < 1.29 is 9.53 Å². The van der Waals surface area contributed by atoms with Gasteiger partial charge in [0.25, 0.3) is 0 Å². The van der Waals surface area contributed by atoms with Gasteiger partial charge in [-0.2, -0.15) is 0 Å². The predicted molar refractivity (Wildman–Crippen MR) is 88.5 cm³/mol. The maximum absolute atomic E-state index is 12.1. The molecule has 0 aromatic heterocycles. The number of carbonyl (C=O) groups is 1. The molecule has 1 aromatic rings. The molecule has 0 aliphatic carbocycles. The van der Waals surface area contributed by atoms with Gasteiger partial charge in [0.2, 0.25) is 0 Å². The first-order chi connectivity index (χ1) is 10.6. The Morgan fingerprint density at radius 2 is 1.95 bits per heavy atom. The number of carbonyl (C=O) groups excluding carboxylic acids is 1. The van der Waals surface area contributed by atoms with Crippen LogP contribution in [0.2, 0.25) is 0 Å². The lowest BCUT2D eigenvalue weighted by molar-refractivity contribution is 0.142. The number of hydrogen-bond donors (Lipinski definition) is 1. The smallest absolute Gasteiger partial charge is 0.317 e. The van der Waals surface area contributed by atoms with Crippen molar-refractivity contribution in [2.45, 2.75) is 20.8 Å². The van der Waals surface area contributed by atoms with Crippen LogP contribution in [0.25, 0.3) is 0 Å². The number of nitrogens with zero attached hydrogens (tertiary/aromatic N) is 2. The van der Waals surface area contributed by atoms with E-state index in [9.17, 15) is 4.79 Å². The number of benzene rings is 1. The van der Waals surface area contributed by atoms with E-state index in [1.807, 2.05) is 24.0 Å². The Balaban J connectivity index is 1.67. The van der Waals surface area contributed by atoms with E-state index in [0.29, 0.717) is 13.2 Å². The van der Waals surface area contributed by atoms with E-state index >= 15 is 0 Å². The van der Waals surface area contributed by atoms with Crippen molar-refractivity contribution in [1.29, 1.82) is 0 Å². The lowest BCUT2D eigenvalue weighted by atomic mass is 10.1. The van der Waals surface area contributed by atoms with Gasteiger partial charge in [-0.1, -0.05) is 24.6 Å². The number of rotatable bonds is 5. The molecule has 1 fully saturated rings. The van der Waals surface area contributed by atoms with Crippen molar-refractivity contribution in [3.05, 3.63) is 29.3 Å². The topological polar surface area (TPSA) is 44.8 Å². The fraction of sp³-hybridized carbons (Fsp3) is 0.588. The van der Waals surface area contributed by atoms with E-state index in [0.717, 1.165) is 44.0 Å². The van der Waals surface area contributed by atoms with Crippen LogP contribution in [0.1, 0.15) is 18.1 Å². The minimum atomic E-state index is 0.0139. The Labute approximate surface area is 133 Å². The molecule has 0 radical (unpaired) electrons. The zero-order valence-electron chi connectivity index (χ0n) is 13.9. The molecule has 0 saturated carbocycles. The van der Waals surface area contributed by atoms with Crippen LogP contribution in [0.15, 0.2) is 18.2 Å². The number of urea groups is 1. The molecule has 1 saturated heterocycles. The van der Waals surface area contributed by atoms with Gasteiger partial charge in [-0.15, -0.1) is 0 Å². The minimum Gasteiger partial charge on any atom is -0.491 e. The first-order valence-corrected chi connectivity index (χ1v) is 8.05. The summed E-state index contributed by atoms with van der Waals surface area (Å²) in [5, 5.41) is 2.93. The molecular formula is C17H27N3O2. The highest BCUT2D eigenvalue weighted by atomic mass is 16.5. The fourth-order valence-electron chi connectivity index (χ4n) is 2.66. The second kappa shape index (κ2) is 8.03. The summed E-state index contributed by atoms with van der Waals surface area (Å²) in [5.74, 6) is 0.886. The lowest BCUT2D eigenvalue weighted by Crippen LogP contribution is -2.52. The highest BCUT2D eigenvalue weighted by Gasteiger charge is 2.19. The maximum atomic E-state index is 12.1. The van der Waals surface area contributed by atoms with E-state index in [4.69, 9.17) is 4.74 Å². The third-order valence-corrected chi connectivity index (χ3v) is 4.07. The number of amides is 2. The van der Waals surface area contributed by atoms with Crippen LogP contribution in [0.5, 0.6) is 5.75 Å². The van der Waals surface area contributed by atoms with E-state index in [1.54, 1.807) is 0 Å². The van der Waals surface area contributed by atoms with Crippen LogP contribution in [0.3, 0.4) is 0 Å². The van der Waals surface area contributed by atoms with Gasteiger partial charge in [-0.25, -0.2) is 4.79 Å². The van der Waals surface area contributed by atoms with Gasteiger partial charge in [0.1, 0.15) is 12.4 Å². The molecule has 0 atom stereocenters. The minimum absolute atomic E-state index is 0.0139. The van der Waals surface area contributed by atoms with Gasteiger partial charge < -0.3 is 19.9 Å². The molecule has 2 rings (SSSR count). The average molecular weight is 305 g/mol. The molecule has 0 unspecified atom stereocenters. The number of aryl methyl sites for hydroxylation is 2. The van der Waals surface area contributed by atoms with Crippen LogP contribution in [-0.4, -0.2) is 61.7 Å². The molecule has 5 nitrogen and oxygen atoms in total. The Morgan fingerprint density at radius 1 is 1.23 bits per heavy atom. The summed E-state index contributed by atoms with van der Waals surface area (Å²) in [6.07, 6.45) is 0. The molecule has 1 aliphatic heterocycles. The quantitative estimate of drug-likeness (QED) is 0.847. The normalized spacial score (nSPS) is 15.7. The summed E-state index contributed by atoms with van der Waals surface area (Å²) in [5.41, 5.74) is 2.35. The summed E-state index contributed by atoms with van der Waals surface area (Å²) in [7, 11) is 0. The SMILES string of the molecule is CCN1CCN(C(=O)NCCOc2ccc(C)cc2C)CC1. The summed E-state index contributed by atoms with van der Waals surface area (Å²) < 4.78 is 5.72. The maximum Gasteiger partial charge on any atom is 0.317 e. The van der Waals surface area contributed by atoms with Gasteiger partial charge >= 0.3 is 6.03 Å². The van der Waals surface area contributed by atoms with Gasteiger partial charge in [-0.05, 0) is 32.0 Å². The molecule has 22 heavy (non-hydrogen) atoms. The van der Waals surface area contributed by atoms with Crippen molar-refractivity contribution in [1.82, 2.24) is 15.1 Å². The lowest BCUT2D eigenvalue weighted by Gasteiger charge is -2.33. The number of hydrogen-bond acceptors (Lipinski definition) is 3. The molecule has 122 valence electrons. The number of ether oxygens (including phenoxy) is 1. The standard InChI is InChI=1S/C17H27N3O2/c1-4-19-8-10-20(11-9-19)17(21)18-7-12-22-16-6-5-14(2)13-15(16)3/h5-6,13H,4,7-12H2,1-3H3,(H,18,21). The molecule has 2 amide bonds. The van der Waals surface area contributed by atoms with Crippen molar-refractivity contribution >= 4 is 6.03 Å². The monoisotopic (exact) mass is 305 g/mol. The van der Waals surface area contributed by atoms with E-state index in [-0.39, 0.29) is 6.03 Å². The zero-order valence-corrected chi connectivity index (χ0v) is 13.9. The summed E-state index contributed by atoms with van der Waals surface area (Å²) >= 11 is 0. The Hall–Kier alpha value is -1.75. The van der Waals surface area contributed by atoms with Gasteiger partial charge in [0.15, 0.2) is 0 Å². The van der Waals surface area contributed by atoms with Crippen molar-refractivity contribution in [3.8, 4) is 5.75 Å². The van der Waals surface area contributed by atoms with Crippen LogP contribution < -0.4 is 10.1 Å². The molecule has 5 heteroatoms. The Morgan fingerprint density at radius 3 is 2.59 bits per heavy atom. The molecule has 1 aromatic carbocycles. The first-order valence-electron chi connectivity index (χ1n) is 8.05. The Bertz CT molecular complexity index is 497. The van der Waals surface area contributed by atoms with Gasteiger partial charge in [0.05, 0.1) is 6.54 Å². The van der Waals surface area contributed by atoms with E-state index in [2.05, 4.69) is 30.1 Å². The predicted octanol–water partition coefficient (Wildman–Crippen LogP) is 2.03. The van der Waals surface area contributed by atoms with E-state index in [1.165, 1.54) is 5.56 Å². The number of nitrogens with one attached hydrogen (secondary N) is 1. The van der Waals surface area contributed by atoms with Crippen LogP contribution in [0, 0.1) is 13.8 Å². The second-order valence-corrected chi connectivity index (χ2v) is 5.77.